The lowest BCUT2D eigenvalue weighted by Gasteiger charge is -2.03. The molecule has 1 N–H and O–H groups in total. The Morgan fingerprint density at radius 2 is 1.74 bits per heavy atom. The van der Waals surface area contributed by atoms with Crippen molar-refractivity contribution in [2.24, 2.45) is 0 Å². The zero-order valence-corrected chi connectivity index (χ0v) is 17.3. The number of hydrogen-bond donors (Lipinski definition) is 1. The molecule has 4 aromatic rings. The number of rotatable bonds is 6. The normalized spacial score (nSPS) is 11.0. The van der Waals surface area contributed by atoms with Crippen molar-refractivity contribution in [1.82, 2.24) is 9.55 Å². The molecule has 1 heterocycles. The fourth-order valence-corrected chi connectivity index (χ4v) is 3.26. The molecule has 5 heteroatoms. The van der Waals surface area contributed by atoms with Crippen molar-refractivity contribution in [3.8, 4) is 22.7 Å². The average Bonchev–Trinajstić information content (AvgIpc) is 3.20. The fourth-order valence-electron chi connectivity index (χ4n) is 3.26. The van der Waals surface area contributed by atoms with Gasteiger partial charge < -0.3 is 9.72 Å². The van der Waals surface area contributed by atoms with Crippen molar-refractivity contribution in [3.05, 3.63) is 112 Å². The number of ether oxygens (including phenoxy) is 1. The molecule has 0 aliphatic rings. The number of H-pyrrole nitrogens is 1. The molecular formula is C26H22N2O3. The Morgan fingerprint density at radius 3 is 2.45 bits per heavy atom. The molecule has 0 atom stereocenters. The zero-order valence-electron chi connectivity index (χ0n) is 17.3. The second kappa shape index (κ2) is 8.71. The van der Waals surface area contributed by atoms with Crippen molar-refractivity contribution in [2.45, 2.75) is 6.92 Å². The average molecular weight is 410 g/mol. The van der Waals surface area contributed by atoms with Gasteiger partial charge in [0.2, 0.25) is 0 Å². The van der Waals surface area contributed by atoms with Crippen LogP contribution < -0.4 is 10.4 Å². The largest absolute Gasteiger partial charge is 0.497 e. The van der Waals surface area contributed by atoms with Crippen LogP contribution in [0.1, 0.15) is 21.5 Å². The lowest BCUT2D eigenvalue weighted by Crippen LogP contribution is -2.14. The topological polar surface area (TPSA) is 64.1 Å². The Morgan fingerprint density at radius 1 is 1.00 bits per heavy atom. The summed E-state index contributed by atoms with van der Waals surface area (Å²) in [5, 5.41) is 0. The smallest absolute Gasteiger partial charge is 0.330 e. The fraction of sp³-hybridized carbons (Fsp3) is 0.0769. The Bertz CT molecular complexity index is 1290. The van der Waals surface area contributed by atoms with Gasteiger partial charge >= 0.3 is 5.69 Å². The van der Waals surface area contributed by atoms with Gasteiger partial charge in [-0.3, -0.25) is 9.36 Å². The van der Waals surface area contributed by atoms with Crippen LogP contribution in [-0.2, 0) is 0 Å². The number of ketones is 1. The van der Waals surface area contributed by atoms with Gasteiger partial charge in [0.15, 0.2) is 5.78 Å². The number of methoxy groups -OCH3 is 1. The van der Waals surface area contributed by atoms with E-state index < -0.39 is 0 Å². The third-order valence-corrected chi connectivity index (χ3v) is 5.03. The van der Waals surface area contributed by atoms with Crippen LogP contribution in [0.5, 0.6) is 5.75 Å². The third-order valence-electron chi connectivity index (χ3n) is 5.03. The molecule has 1 aromatic heterocycles. The Labute approximate surface area is 180 Å². The highest BCUT2D eigenvalue weighted by Gasteiger charge is 2.09. The number of aromatic amines is 1. The minimum absolute atomic E-state index is 0.139. The molecule has 0 aliphatic heterocycles. The third kappa shape index (κ3) is 4.56. The van der Waals surface area contributed by atoms with E-state index in [1.54, 1.807) is 43.6 Å². The Kier molecular flexibility index (Phi) is 5.67. The molecule has 4 rings (SSSR count). The lowest BCUT2D eigenvalue weighted by molar-refractivity contribution is 0.104. The molecule has 0 spiro atoms. The van der Waals surface area contributed by atoms with E-state index in [4.69, 9.17) is 4.74 Å². The monoisotopic (exact) mass is 410 g/mol. The first-order valence-corrected chi connectivity index (χ1v) is 9.89. The van der Waals surface area contributed by atoms with E-state index in [2.05, 4.69) is 4.98 Å². The maximum atomic E-state index is 12.7. The minimum atomic E-state index is -0.256. The van der Waals surface area contributed by atoms with Crippen LogP contribution in [0.25, 0.3) is 23.0 Å². The van der Waals surface area contributed by atoms with Crippen LogP contribution in [-0.4, -0.2) is 22.4 Å². The molecule has 0 radical (unpaired) electrons. The molecule has 31 heavy (non-hydrogen) atoms. The van der Waals surface area contributed by atoms with Gasteiger partial charge in [-0.15, -0.1) is 0 Å². The van der Waals surface area contributed by atoms with Gasteiger partial charge in [-0.2, -0.15) is 0 Å². The number of carbonyl (C=O) groups excluding carboxylic acids is 1. The second-order valence-electron chi connectivity index (χ2n) is 7.23. The highest BCUT2D eigenvalue weighted by atomic mass is 16.5. The predicted octanol–water partition coefficient (Wildman–Crippen LogP) is 5.05. The summed E-state index contributed by atoms with van der Waals surface area (Å²) >= 11 is 0. The van der Waals surface area contributed by atoms with Crippen LogP contribution in [0, 0.1) is 6.92 Å². The zero-order chi connectivity index (χ0) is 21.8. The molecule has 5 nitrogen and oxygen atoms in total. The van der Waals surface area contributed by atoms with E-state index in [0.29, 0.717) is 11.3 Å². The summed E-state index contributed by atoms with van der Waals surface area (Å²) in [6.45, 7) is 2.02. The summed E-state index contributed by atoms with van der Waals surface area (Å²) in [5.74, 6) is 0.623. The van der Waals surface area contributed by atoms with Gasteiger partial charge in [-0.1, -0.05) is 60.2 Å². The number of nitrogens with zero attached hydrogens (tertiary/aromatic N) is 1. The summed E-state index contributed by atoms with van der Waals surface area (Å²) in [6.07, 6.45) is 5.04. The molecular weight excluding hydrogens is 388 g/mol. The molecule has 0 unspecified atom stereocenters. The summed E-state index contributed by atoms with van der Waals surface area (Å²) in [5.41, 5.74) is 4.58. The number of aromatic nitrogens is 2. The number of imidazole rings is 1. The molecule has 0 fully saturated rings. The van der Waals surface area contributed by atoms with E-state index in [1.807, 2.05) is 55.5 Å². The van der Waals surface area contributed by atoms with E-state index in [1.165, 1.54) is 10.6 Å². The van der Waals surface area contributed by atoms with Crippen molar-refractivity contribution >= 4 is 11.9 Å². The van der Waals surface area contributed by atoms with Crippen molar-refractivity contribution in [1.29, 1.82) is 0 Å². The van der Waals surface area contributed by atoms with Crippen LogP contribution in [0.2, 0.25) is 0 Å². The van der Waals surface area contributed by atoms with E-state index >= 15 is 0 Å². The van der Waals surface area contributed by atoms with Gasteiger partial charge in [0, 0.05) is 11.8 Å². The second-order valence-corrected chi connectivity index (χ2v) is 7.23. The number of allylic oxidation sites excluding steroid dienone is 1. The molecule has 0 saturated heterocycles. The first-order valence-electron chi connectivity index (χ1n) is 9.89. The first-order chi connectivity index (χ1) is 15.0. The molecule has 0 saturated carbocycles. The molecule has 3 aromatic carbocycles. The van der Waals surface area contributed by atoms with Crippen molar-refractivity contribution in [2.75, 3.05) is 7.11 Å². The molecule has 0 amide bonds. The number of nitrogens with one attached hydrogen (secondary N) is 1. The highest BCUT2D eigenvalue weighted by Crippen LogP contribution is 2.19. The van der Waals surface area contributed by atoms with E-state index in [-0.39, 0.29) is 11.5 Å². The number of benzene rings is 3. The molecule has 154 valence electrons. The standard InChI is InChI=1S/C26H22N2O3/c1-18-6-11-20(12-7-18)24-17-28(26(30)27-24)22-5-3-4-21(16-22)25(29)15-10-19-8-13-23(31-2)14-9-19/h3-17H,1-2H3,(H,27,30). The van der Waals surface area contributed by atoms with Gasteiger partial charge in [0.05, 0.1) is 18.5 Å². The molecule has 0 bridgehead atoms. The van der Waals surface area contributed by atoms with Gasteiger partial charge in [0.25, 0.3) is 0 Å². The van der Waals surface area contributed by atoms with Crippen LogP contribution in [0.3, 0.4) is 0 Å². The van der Waals surface area contributed by atoms with Gasteiger partial charge in [-0.25, -0.2) is 4.79 Å². The maximum absolute atomic E-state index is 12.7. The van der Waals surface area contributed by atoms with Crippen molar-refractivity contribution in [3.63, 3.8) is 0 Å². The Balaban J connectivity index is 1.58. The SMILES string of the molecule is COc1ccc(C=CC(=O)c2cccc(-n3cc(-c4ccc(C)cc4)[nH]c3=O)c2)cc1. The van der Waals surface area contributed by atoms with Crippen LogP contribution in [0.15, 0.2) is 89.9 Å². The predicted molar refractivity (Wildman–Crippen MR) is 123 cm³/mol. The number of carbonyl (C=O) groups is 1. The first kappa shape index (κ1) is 20.2. The maximum Gasteiger partial charge on any atom is 0.330 e. The van der Waals surface area contributed by atoms with Crippen molar-refractivity contribution < 1.29 is 9.53 Å². The summed E-state index contributed by atoms with van der Waals surface area (Å²) in [7, 11) is 1.61. The minimum Gasteiger partial charge on any atom is -0.497 e. The molecule has 0 aliphatic carbocycles. The van der Waals surface area contributed by atoms with Crippen LogP contribution >= 0.6 is 0 Å². The number of hydrogen-bond acceptors (Lipinski definition) is 3. The summed E-state index contributed by atoms with van der Waals surface area (Å²) in [4.78, 5) is 28.1. The summed E-state index contributed by atoms with van der Waals surface area (Å²) < 4.78 is 6.66. The van der Waals surface area contributed by atoms with Gasteiger partial charge in [0.1, 0.15) is 5.75 Å². The Hall–Kier alpha value is -4.12. The highest BCUT2D eigenvalue weighted by molar-refractivity contribution is 6.07. The van der Waals surface area contributed by atoms with E-state index in [9.17, 15) is 9.59 Å². The quantitative estimate of drug-likeness (QED) is 0.358. The van der Waals surface area contributed by atoms with E-state index in [0.717, 1.165) is 28.1 Å². The van der Waals surface area contributed by atoms with Crippen LogP contribution in [0.4, 0.5) is 0 Å². The summed E-state index contributed by atoms with van der Waals surface area (Å²) in [6, 6.07) is 22.4. The number of aryl methyl sites for hydroxylation is 1. The lowest BCUT2D eigenvalue weighted by atomic mass is 10.1. The van der Waals surface area contributed by atoms with Gasteiger partial charge in [-0.05, 0) is 48.4 Å².